The molecule has 0 saturated heterocycles. The van der Waals surface area contributed by atoms with Gasteiger partial charge in [0.05, 0.1) is 13.8 Å². The highest BCUT2D eigenvalue weighted by molar-refractivity contribution is 7.98. The number of aromatic nitrogens is 2. The highest BCUT2D eigenvalue weighted by atomic mass is 32.2. The van der Waals surface area contributed by atoms with Crippen LogP contribution in [-0.2, 0) is 42.6 Å². The number of carbonyl (C=O) groups excluding carboxylic acids is 1. The summed E-state index contributed by atoms with van der Waals surface area (Å²) in [5.74, 6) is -2.65. The number of hydrogen-bond acceptors (Lipinski definition) is 5. The quantitative estimate of drug-likeness (QED) is 0.0850. The van der Waals surface area contributed by atoms with Crippen molar-refractivity contribution in [2.75, 3.05) is 26.0 Å². The molecule has 6 nitrogen and oxygen atoms in total. The highest BCUT2D eigenvalue weighted by Gasteiger charge is 2.30. The molecule has 1 amide bonds. The van der Waals surface area contributed by atoms with Crippen molar-refractivity contribution in [2.45, 2.75) is 63.2 Å². The van der Waals surface area contributed by atoms with E-state index in [2.05, 4.69) is 4.98 Å². The number of rotatable bonds is 13. The van der Waals surface area contributed by atoms with Gasteiger partial charge in [-0.3, -0.25) is 9.59 Å². The topological polar surface area (TPSA) is 58.4 Å². The average Bonchev–Trinajstić information content (AvgIpc) is 3.60. The molecule has 11 heteroatoms. The summed E-state index contributed by atoms with van der Waals surface area (Å²) >= 11 is 0.760. The van der Waals surface area contributed by atoms with E-state index in [9.17, 15) is 32.6 Å². The second-order valence-corrected chi connectivity index (χ2v) is 11.2. The average molecular weight is 679 g/mol. The van der Waals surface area contributed by atoms with Gasteiger partial charge >= 0.3 is 6.18 Å². The SMILES string of the molecule is [2H]C([2H])(C)N(C([2H])([2H])C)C([2H])([2H])C([2H])([2H])N(C(=O)C([2H])([2H])n1c(SCc2ccc(F)cc2)nc(=O)c2c1CCC2)C([2H])([2H])c1ccc(-c2ccc(C(F)(F)F)cc2)cc1. The molecule has 1 aromatic heterocycles. The van der Waals surface area contributed by atoms with E-state index in [0.29, 0.717) is 30.4 Å². The van der Waals surface area contributed by atoms with Crippen LogP contribution in [-0.4, -0.2) is 51.2 Å². The second kappa shape index (κ2) is 15.3. The maximum absolute atomic E-state index is 15.0. The number of carbonyl (C=O) groups is 1. The van der Waals surface area contributed by atoms with Crippen molar-refractivity contribution in [3.05, 3.63) is 117 Å². The molecule has 1 heterocycles. The number of alkyl halides is 3. The lowest BCUT2D eigenvalue weighted by Crippen LogP contribution is -2.40. The molecule has 47 heavy (non-hydrogen) atoms. The summed E-state index contributed by atoms with van der Waals surface area (Å²) in [7, 11) is 0. The number of benzene rings is 3. The lowest BCUT2D eigenvalue weighted by molar-refractivity contribution is -0.137. The Hall–Kier alpha value is -3.96. The van der Waals surface area contributed by atoms with E-state index < -0.39 is 83.6 Å². The fourth-order valence-corrected chi connectivity index (χ4v) is 5.70. The molecule has 0 bridgehead atoms. The summed E-state index contributed by atoms with van der Waals surface area (Å²) in [5, 5.41) is -0.403. The Kier molecular flexibility index (Phi) is 7.10. The largest absolute Gasteiger partial charge is 0.416 e. The third-order valence-corrected chi connectivity index (χ3v) is 8.20. The van der Waals surface area contributed by atoms with E-state index in [0.717, 1.165) is 60.3 Å². The first kappa shape index (κ1) is 21.8. The van der Waals surface area contributed by atoms with Crippen molar-refractivity contribution < 1.29 is 38.8 Å². The molecule has 4 aromatic rings. The van der Waals surface area contributed by atoms with Crippen molar-refractivity contribution in [3.8, 4) is 11.1 Å². The summed E-state index contributed by atoms with van der Waals surface area (Å²) in [6, 6.07) is 13.6. The molecular weight excluding hydrogens is 628 g/mol. The van der Waals surface area contributed by atoms with Crippen molar-refractivity contribution >= 4 is 17.7 Å². The number of hydrogen-bond donors (Lipinski definition) is 0. The Morgan fingerprint density at radius 1 is 0.915 bits per heavy atom. The van der Waals surface area contributed by atoms with Gasteiger partial charge in [0.15, 0.2) is 5.16 Å². The lowest BCUT2D eigenvalue weighted by atomic mass is 10.0. The number of thioether (sulfide) groups is 1. The van der Waals surface area contributed by atoms with Crippen LogP contribution >= 0.6 is 11.8 Å². The van der Waals surface area contributed by atoms with E-state index in [1.165, 1.54) is 24.3 Å². The zero-order valence-electron chi connectivity index (χ0n) is 37.3. The summed E-state index contributed by atoms with van der Waals surface area (Å²) in [6.45, 7) is -19.9. The van der Waals surface area contributed by atoms with Gasteiger partial charge in [0.1, 0.15) is 12.3 Å². The maximum Gasteiger partial charge on any atom is 0.416 e. The maximum atomic E-state index is 15.0. The van der Waals surface area contributed by atoms with Crippen LogP contribution in [0.4, 0.5) is 17.6 Å². The molecule has 0 N–H and O–H groups in total. The number of nitrogens with zero attached hydrogens (tertiary/aromatic N) is 4. The van der Waals surface area contributed by atoms with E-state index in [1.807, 2.05) is 0 Å². The third kappa shape index (κ3) is 8.70. The van der Waals surface area contributed by atoms with Crippen molar-refractivity contribution in [3.63, 3.8) is 0 Å². The smallest absolute Gasteiger partial charge is 0.336 e. The van der Waals surface area contributed by atoms with Gasteiger partial charge in [-0.15, -0.1) is 0 Å². The first-order chi connectivity index (χ1) is 26.9. The lowest BCUT2D eigenvalue weighted by Gasteiger charge is -2.28. The van der Waals surface area contributed by atoms with Gasteiger partial charge in [-0.2, -0.15) is 18.2 Å². The molecule has 1 aliphatic carbocycles. The fourth-order valence-electron chi connectivity index (χ4n) is 4.78. The van der Waals surface area contributed by atoms with Gasteiger partial charge in [-0.1, -0.05) is 74.1 Å². The van der Waals surface area contributed by atoms with Crippen LogP contribution in [0, 0.1) is 5.82 Å². The molecule has 0 aliphatic heterocycles. The first-order valence-electron chi connectivity index (χ1n) is 20.4. The molecule has 1 aliphatic rings. The summed E-state index contributed by atoms with van der Waals surface area (Å²) < 4.78 is 160. The molecule has 0 atom stereocenters. The minimum absolute atomic E-state index is 0.0219. The predicted octanol–water partition coefficient (Wildman–Crippen LogP) is 7.22. The van der Waals surface area contributed by atoms with Gasteiger partial charge < -0.3 is 14.4 Å². The van der Waals surface area contributed by atoms with Crippen molar-refractivity contribution in [1.29, 1.82) is 0 Å². The highest BCUT2D eigenvalue weighted by Crippen LogP contribution is 2.31. The molecule has 0 spiro atoms. The Balaban J connectivity index is 1.70. The molecule has 0 radical (unpaired) electrons. The molecule has 0 saturated carbocycles. The van der Waals surface area contributed by atoms with Gasteiger partial charge in [0.2, 0.25) is 5.91 Å². The van der Waals surface area contributed by atoms with Gasteiger partial charge in [-0.05, 0) is 78.8 Å². The van der Waals surface area contributed by atoms with Gasteiger partial charge in [0.25, 0.3) is 5.56 Å². The molecule has 0 unspecified atom stereocenters. The van der Waals surface area contributed by atoms with E-state index in [1.54, 1.807) is 0 Å². The van der Waals surface area contributed by atoms with Crippen LogP contribution in [0.3, 0.4) is 0 Å². The molecule has 3 aromatic carbocycles. The minimum atomic E-state index is -4.62. The number of fused-ring (bicyclic) bond motifs is 1. The Morgan fingerprint density at radius 2 is 1.53 bits per heavy atom. The van der Waals surface area contributed by atoms with E-state index >= 15 is 0 Å². The second-order valence-electron chi connectivity index (χ2n) is 10.3. The number of likely N-dealkylation sites (N-methyl/N-ethyl adjacent to an activating group) is 1. The summed E-state index contributed by atoms with van der Waals surface area (Å²) in [6.07, 6.45) is -4.16. The monoisotopic (exact) mass is 678 g/mol. The molecule has 5 rings (SSSR count). The zero-order chi connectivity index (χ0) is 44.3. The number of halogens is 4. The predicted molar refractivity (Wildman–Crippen MR) is 177 cm³/mol. The molecule has 0 fully saturated rings. The number of amides is 1. The van der Waals surface area contributed by atoms with E-state index in [4.69, 9.17) is 11.0 Å². The Bertz CT molecular complexity index is 2230. The third-order valence-electron chi connectivity index (χ3n) is 7.19. The summed E-state index contributed by atoms with van der Waals surface area (Å²) in [5.41, 5.74) is -1.26. The Morgan fingerprint density at radius 3 is 2.15 bits per heavy atom. The summed E-state index contributed by atoms with van der Waals surface area (Å²) in [4.78, 5) is 31.6. The minimum Gasteiger partial charge on any atom is -0.336 e. The molecular formula is C36H38F4N4O2S. The van der Waals surface area contributed by atoms with E-state index in [-0.39, 0.29) is 45.9 Å². The first-order valence-corrected chi connectivity index (χ1v) is 15.4. The van der Waals surface area contributed by atoms with Gasteiger partial charge in [0, 0.05) is 44.7 Å². The van der Waals surface area contributed by atoms with Crippen LogP contribution in [0.15, 0.2) is 82.7 Å². The van der Waals surface area contributed by atoms with Crippen LogP contribution < -0.4 is 5.56 Å². The van der Waals surface area contributed by atoms with Crippen LogP contribution in [0.1, 0.15) is 64.7 Å². The normalized spacial score (nSPS) is 18.4. The van der Waals surface area contributed by atoms with Crippen molar-refractivity contribution in [1.82, 2.24) is 19.4 Å². The van der Waals surface area contributed by atoms with Crippen LogP contribution in [0.2, 0.25) is 0 Å². The Labute approximate surface area is 293 Å². The van der Waals surface area contributed by atoms with Crippen LogP contribution in [0.25, 0.3) is 11.1 Å². The fraction of sp³-hybridized carbons (Fsp3) is 0.361. The van der Waals surface area contributed by atoms with Gasteiger partial charge in [-0.25, -0.2) is 4.39 Å². The standard InChI is InChI=1S/C36H38F4N4O2S/c1-3-42(4-2)20-21-43(22-25-8-12-27(13-9-25)28-14-16-29(17-15-28)36(38,39)40)33(45)23-44-32-7-5-6-31(32)34(46)41-35(44)47-24-26-10-18-30(37)19-11-26/h8-19H,3-7,20-24H2,1-2H3/i3D2,4D2,20D2,21D2,22D2,23D2. The van der Waals surface area contributed by atoms with Crippen molar-refractivity contribution in [2.24, 2.45) is 0 Å². The zero-order valence-corrected chi connectivity index (χ0v) is 26.1. The molecule has 248 valence electrons. The van der Waals surface area contributed by atoms with Crippen LogP contribution in [0.5, 0.6) is 0 Å².